The molecule has 2 aromatic carbocycles. The van der Waals surface area contributed by atoms with E-state index in [9.17, 15) is 4.79 Å². The first-order valence-electron chi connectivity index (χ1n) is 8.26. The lowest BCUT2D eigenvalue weighted by atomic mass is 10.2. The molecule has 0 atom stereocenters. The number of hydrogen-bond acceptors (Lipinski definition) is 5. The standard InChI is InChI=1S/C19H20N4O2S/c1-23-18(15-8-4-2-5-9-15)21-22-19(23)26-14-17(24)20-12-13-25-16-10-6-3-7-11-16/h2-11H,12-14H2,1H3,(H,20,24). The fourth-order valence-corrected chi connectivity index (χ4v) is 3.08. The summed E-state index contributed by atoms with van der Waals surface area (Å²) >= 11 is 1.36. The third-order valence-electron chi connectivity index (χ3n) is 3.64. The lowest BCUT2D eigenvalue weighted by molar-refractivity contribution is -0.118. The van der Waals surface area contributed by atoms with Gasteiger partial charge in [-0.05, 0) is 12.1 Å². The third kappa shape index (κ3) is 4.86. The van der Waals surface area contributed by atoms with E-state index in [-0.39, 0.29) is 11.7 Å². The van der Waals surface area contributed by atoms with Crippen LogP contribution >= 0.6 is 11.8 Å². The van der Waals surface area contributed by atoms with Crippen LogP contribution in [0.15, 0.2) is 65.8 Å². The molecule has 1 N–H and O–H groups in total. The number of thioether (sulfide) groups is 1. The summed E-state index contributed by atoms with van der Waals surface area (Å²) in [6.07, 6.45) is 0. The van der Waals surface area contributed by atoms with Gasteiger partial charge >= 0.3 is 0 Å². The third-order valence-corrected chi connectivity index (χ3v) is 4.66. The van der Waals surface area contributed by atoms with E-state index in [1.807, 2.05) is 72.3 Å². The summed E-state index contributed by atoms with van der Waals surface area (Å²) in [5, 5.41) is 11.9. The van der Waals surface area contributed by atoms with Gasteiger partial charge in [-0.1, -0.05) is 60.3 Å². The Labute approximate surface area is 156 Å². The van der Waals surface area contributed by atoms with Gasteiger partial charge in [0.05, 0.1) is 12.3 Å². The Hall–Kier alpha value is -2.80. The summed E-state index contributed by atoms with van der Waals surface area (Å²) in [5.41, 5.74) is 0.997. The summed E-state index contributed by atoms with van der Waals surface area (Å²) in [6, 6.07) is 19.4. The second kappa shape index (κ2) is 9.05. The minimum absolute atomic E-state index is 0.0593. The maximum absolute atomic E-state index is 12.0. The monoisotopic (exact) mass is 368 g/mol. The van der Waals surface area contributed by atoms with Crippen molar-refractivity contribution in [2.75, 3.05) is 18.9 Å². The summed E-state index contributed by atoms with van der Waals surface area (Å²) in [6.45, 7) is 0.894. The number of ether oxygens (including phenoxy) is 1. The van der Waals surface area contributed by atoms with Gasteiger partial charge in [0.1, 0.15) is 12.4 Å². The number of aromatic nitrogens is 3. The van der Waals surface area contributed by atoms with Crippen LogP contribution in [0.3, 0.4) is 0 Å². The SMILES string of the molecule is Cn1c(SCC(=O)NCCOc2ccccc2)nnc1-c1ccccc1. The molecule has 0 unspecified atom stereocenters. The molecule has 6 nitrogen and oxygen atoms in total. The molecular formula is C19H20N4O2S. The second-order valence-corrected chi connectivity index (χ2v) is 6.47. The van der Waals surface area contributed by atoms with E-state index >= 15 is 0 Å². The zero-order chi connectivity index (χ0) is 18.2. The maximum atomic E-state index is 12.0. The van der Waals surface area contributed by atoms with E-state index in [1.165, 1.54) is 11.8 Å². The Morgan fingerprint density at radius 1 is 1.08 bits per heavy atom. The first-order valence-corrected chi connectivity index (χ1v) is 9.25. The number of carbonyl (C=O) groups is 1. The van der Waals surface area contributed by atoms with Crippen molar-refractivity contribution in [2.45, 2.75) is 5.16 Å². The van der Waals surface area contributed by atoms with Crippen molar-refractivity contribution in [3.8, 4) is 17.1 Å². The van der Waals surface area contributed by atoms with Crippen molar-refractivity contribution in [1.29, 1.82) is 0 Å². The van der Waals surface area contributed by atoms with E-state index in [0.29, 0.717) is 18.3 Å². The Balaban J connectivity index is 1.43. The fraction of sp³-hybridized carbons (Fsp3) is 0.211. The molecule has 0 bridgehead atoms. The van der Waals surface area contributed by atoms with Gasteiger partial charge in [0, 0.05) is 12.6 Å². The first-order chi connectivity index (χ1) is 12.7. The average Bonchev–Trinajstić information content (AvgIpc) is 3.05. The molecule has 1 amide bonds. The van der Waals surface area contributed by atoms with Crippen LogP contribution in [0.2, 0.25) is 0 Å². The quantitative estimate of drug-likeness (QED) is 0.489. The number of rotatable bonds is 8. The van der Waals surface area contributed by atoms with Crippen LogP contribution in [0.5, 0.6) is 5.75 Å². The number of amides is 1. The normalized spacial score (nSPS) is 10.5. The van der Waals surface area contributed by atoms with Crippen molar-refractivity contribution in [3.63, 3.8) is 0 Å². The zero-order valence-corrected chi connectivity index (χ0v) is 15.3. The molecule has 1 heterocycles. The predicted octanol–water partition coefficient (Wildman–Crippen LogP) is 2.77. The number of para-hydroxylation sites is 1. The van der Waals surface area contributed by atoms with Gasteiger partial charge < -0.3 is 14.6 Å². The van der Waals surface area contributed by atoms with Crippen LogP contribution in [-0.2, 0) is 11.8 Å². The number of nitrogens with one attached hydrogen (secondary N) is 1. The van der Waals surface area contributed by atoms with Crippen LogP contribution in [0.4, 0.5) is 0 Å². The molecule has 3 rings (SSSR count). The van der Waals surface area contributed by atoms with Crippen molar-refractivity contribution in [1.82, 2.24) is 20.1 Å². The Kier molecular flexibility index (Phi) is 6.27. The van der Waals surface area contributed by atoms with Crippen molar-refractivity contribution in [3.05, 3.63) is 60.7 Å². The van der Waals surface area contributed by atoms with Crippen LogP contribution < -0.4 is 10.1 Å². The summed E-state index contributed by atoms with van der Waals surface area (Å²) in [4.78, 5) is 12.0. The molecule has 26 heavy (non-hydrogen) atoms. The highest BCUT2D eigenvalue weighted by Gasteiger charge is 2.12. The fourth-order valence-electron chi connectivity index (χ4n) is 2.34. The Morgan fingerprint density at radius 3 is 2.50 bits per heavy atom. The van der Waals surface area contributed by atoms with E-state index in [2.05, 4.69) is 15.5 Å². The molecule has 0 aliphatic heterocycles. The summed E-state index contributed by atoms with van der Waals surface area (Å²) in [5.74, 6) is 1.80. The highest BCUT2D eigenvalue weighted by atomic mass is 32.2. The second-order valence-electron chi connectivity index (χ2n) is 5.53. The lowest BCUT2D eigenvalue weighted by Gasteiger charge is -2.07. The van der Waals surface area contributed by atoms with E-state index < -0.39 is 0 Å². The number of benzene rings is 2. The molecular weight excluding hydrogens is 348 g/mol. The van der Waals surface area contributed by atoms with Crippen molar-refractivity contribution in [2.24, 2.45) is 7.05 Å². The smallest absolute Gasteiger partial charge is 0.230 e. The van der Waals surface area contributed by atoms with Gasteiger partial charge in [-0.2, -0.15) is 0 Å². The van der Waals surface area contributed by atoms with E-state index in [1.54, 1.807) is 0 Å². The number of carbonyl (C=O) groups excluding carboxylic acids is 1. The van der Waals surface area contributed by atoms with Gasteiger partial charge in [0.25, 0.3) is 0 Å². The molecule has 1 aromatic heterocycles. The maximum Gasteiger partial charge on any atom is 0.230 e. The Morgan fingerprint density at radius 2 is 1.77 bits per heavy atom. The van der Waals surface area contributed by atoms with Crippen LogP contribution in [0, 0.1) is 0 Å². The number of hydrogen-bond donors (Lipinski definition) is 1. The molecule has 0 spiro atoms. The number of nitrogens with zero attached hydrogens (tertiary/aromatic N) is 3. The molecule has 0 fully saturated rings. The summed E-state index contributed by atoms with van der Waals surface area (Å²) < 4.78 is 7.44. The molecule has 0 saturated carbocycles. The van der Waals surface area contributed by atoms with Gasteiger partial charge in [0.15, 0.2) is 11.0 Å². The van der Waals surface area contributed by atoms with Crippen LogP contribution in [-0.4, -0.2) is 39.6 Å². The molecule has 7 heteroatoms. The zero-order valence-electron chi connectivity index (χ0n) is 14.5. The predicted molar refractivity (Wildman–Crippen MR) is 102 cm³/mol. The largest absolute Gasteiger partial charge is 0.492 e. The van der Waals surface area contributed by atoms with Crippen molar-refractivity contribution < 1.29 is 9.53 Å². The van der Waals surface area contributed by atoms with E-state index in [0.717, 1.165) is 17.1 Å². The lowest BCUT2D eigenvalue weighted by Crippen LogP contribution is -2.29. The molecule has 134 valence electrons. The molecule has 0 saturated heterocycles. The van der Waals surface area contributed by atoms with E-state index in [4.69, 9.17) is 4.74 Å². The molecule has 0 aliphatic rings. The van der Waals surface area contributed by atoms with Gasteiger partial charge in [-0.3, -0.25) is 4.79 Å². The van der Waals surface area contributed by atoms with Gasteiger partial charge in [0.2, 0.25) is 5.91 Å². The molecule has 3 aromatic rings. The minimum atomic E-state index is -0.0593. The molecule has 0 radical (unpaired) electrons. The highest BCUT2D eigenvalue weighted by Crippen LogP contribution is 2.22. The minimum Gasteiger partial charge on any atom is -0.492 e. The van der Waals surface area contributed by atoms with Gasteiger partial charge in [-0.15, -0.1) is 10.2 Å². The highest BCUT2D eigenvalue weighted by molar-refractivity contribution is 7.99. The van der Waals surface area contributed by atoms with Gasteiger partial charge in [-0.25, -0.2) is 0 Å². The Bertz CT molecular complexity index is 837. The molecule has 0 aliphatic carbocycles. The van der Waals surface area contributed by atoms with Crippen molar-refractivity contribution >= 4 is 17.7 Å². The average molecular weight is 368 g/mol. The summed E-state index contributed by atoms with van der Waals surface area (Å²) in [7, 11) is 1.90. The first kappa shape index (κ1) is 18.0. The topological polar surface area (TPSA) is 69.0 Å². The van der Waals surface area contributed by atoms with Crippen LogP contribution in [0.1, 0.15) is 0 Å². The van der Waals surface area contributed by atoms with Crippen LogP contribution in [0.25, 0.3) is 11.4 Å².